The lowest BCUT2D eigenvalue weighted by molar-refractivity contribution is -0.432. The van der Waals surface area contributed by atoms with E-state index < -0.39 is 58.0 Å². The normalized spacial score (nSPS) is 12.4. The summed E-state index contributed by atoms with van der Waals surface area (Å²) in [6.07, 6.45) is 0. The summed E-state index contributed by atoms with van der Waals surface area (Å²) in [6.45, 7) is 0. The SMILES string of the molecule is O=c1c2ccccc2c(=O)c2c1c(SOOO)cc1nc3c(nc12)c(Cl)c(S(=O)(=O)O)c1c(=O)c2ccccc2c(=O)c13. The molecule has 0 saturated carbocycles. The predicted molar refractivity (Wildman–Crippen MR) is 160 cm³/mol. The molecule has 43 heavy (non-hydrogen) atoms. The summed E-state index contributed by atoms with van der Waals surface area (Å²) in [5.41, 5.74) is -3.89. The van der Waals surface area contributed by atoms with E-state index in [1.807, 2.05) is 0 Å². The van der Waals surface area contributed by atoms with E-state index in [1.54, 1.807) is 12.1 Å². The number of hydrogen-bond donors (Lipinski definition) is 2. The number of rotatable bonds is 4. The first kappa shape index (κ1) is 27.4. The van der Waals surface area contributed by atoms with E-state index in [1.165, 1.54) is 42.5 Å². The maximum absolute atomic E-state index is 13.8. The lowest BCUT2D eigenvalue weighted by Crippen LogP contribution is -2.18. The molecule has 1 heterocycles. The minimum Gasteiger partial charge on any atom is -0.289 e. The highest BCUT2D eigenvalue weighted by Crippen LogP contribution is 2.38. The van der Waals surface area contributed by atoms with Crippen LogP contribution in [0.3, 0.4) is 0 Å². The van der Waals surface area contributed by atoms with E-state index in [-0.39, 0.29) is 53.8 Å². The monoisotopic (exact) mass is 634 g/mol. The summed E-state index contributed by atoms with van der Waals surface area (Å²) in [7, 11) is -5.22. The second kappa shape index (κ2) is 9.55. The Hall–Kier alpha value is -4.41. The second-order valence-corrected chi connectivity index (χ2v) is 11.9. The molecule has 0 fully saturated rings. The van der Waals surface area contributed by atoms with Crippen LogP contribution in [0.1, 0.15) is 0 Å². The molecule has 0 aliphatic carbocycles. The quantitative estimate of drug-likeness (QED) is 0.0706. The lowest BCUT2D eigenvalue weighted by atomic mass is 9.99. The number of hydrogen-bond acceptors (Lipinski definition) is 12. The van der Waals surface area contributed by atoms with Gasteiger partial charge >= 0.3 is 0 Å². The molecule has 7 rings (SSSR count). The van der Waals surface area contributed by atoms with Gasteiger partial charge in [0, 0.05) is 21.5 Å². The maximum Gasteiger partial charge on any atom is 0.296 e. The van der Waals surface area contributed by atoms with Gasteiger partial charge in [-0.3, -0.25) is 23.7 Å². The van der Waals surface area contributed by atoms with E-state index >= 15 is 0 Å². The highest BCUT2D eigenvalue weighted by molar-refractivity contribution is 7.94. The van der Waals surface area contributed by atoms with Crippen molar-refractivity contribution in [2.75, 3.05) is 0 Å². The minimum atomic E-state index is -5.22. The Kier molecular flexibility index (Phi) is 6.09. The molecule has 0 atom stereocenters. The Labute approximate surface area is 246 Å². The van der Waals surface area contributed by atoms with Gasteiger partial charge in [0.2, 0.25) is 0 Å². The Balaban J connectivity index is 1.81. The molecule has 7 aromatic rings. The topological polar surface area (TPSA) is 187 Å². The molecular formula is C28H11ClN2O10S2. The molecule has 1 aromatic heterocycles. The summed E-state index contributed by atoms with van der Waals surface area (Å²) in [5, 5.41) is 10.2. The Morgan fingerprint density at radius 2 is 1.19 bits per heavy atom. The fourth-order valence-corrected chi connectivity index (χ4v) is 7.32. The van der Waals surface area contributed by atoms with Crippen LogP contribution >= 0.6 is 23.6 Å². The fraction of sp³-hybridized carbons (Fsp3) is 0. The molecule has 0 radical (unpaired) electrons. The van der Waals surface area contributed by atoms with Gasteiger partial charge in [-0.15, -0.1) is 4.33 Å². The van der Waals surface area contributed by atoms with Gasteiger partial charge in [0.1, 0.15) is 21.4 Å². The van der Waals surface area contributed by atoms with Gasteiger partial charge < -0.3 is 0 Å². The first-order chi connectivity index (χ1) is 20.5. The van der Waals surface area contributed by atoms with Crippen LogP contribution in [0.25, 0.3) is 65.2 Å². The molecule has 0 aliphatic heterocycles. The van der Waals surface area contributed by atoms with Gasteiger partial charge in [0.05, 0.1) is 49.0 Å². The molecule has 0 spiro atoms. The zero-order chi connectivity index (χ0) is 30.4. The number of halogens is 1. The van der Waals surface area contributed by atoms with Crippen LogP contribution in [0.2, 0.25) is 5.02 Å². The summed E-state index contributed by atoms with van der Waals surface area (Å²) in [4.78, 5) is 62.6. The van der Waals surface area contributed by atoms with Crippen molar-refractivity contribution >= 4 is 98.9 Å². The fourth-order valence-electron chi connectivity index (χ4n) is 5.49. The van der Waals surface area contributed by atoms with Crippen molar-refractivity contribution in [2.45, 2.75) is 9.79 Å². The van der Waals surface area contributed by atoms with Crippen molar-refractivity contribution < 1.29 is 27.6 Å². The van der Waals surface area contributed by atoms with E-state index in [0.29, 0.717) is 12.0 Å². The molecule has 0 unspecified atom stereocenters. The molecule has 6 aromatic carbocycles. The van der Waals surface area contributed by atoms with Crippen LogP contribution in [-0.2, 0) is 19.5 Å². The molecule has 0 amide bonds. The Bertz CT molecular complexity index is 2750. The van der Waals surface area contributed by atoms with Crippen LogP contribution in [0, 0.1) is 0 Å². The van der Waals surface area contributed by atoms with Crippen molar-refractivity contribution in [3.05, 3.63) is 101 Å². The first-order valence-electron chi connectivity index (χ1n) is 12.1. The smallest absolute Gasteiger partial charge is 0.289 e. The molecule has 0 saturated heterocycles. The molecule has 12 nitrogen and oxygen atoms in total. The van der Waals surface area contributed by atoms with Gasteiger partial charge in [-0.1, -0.05) is 65.2 Å². The molecule has 212 valence electrons. The number of aromatic nitrogens is 2. The minimum absolute atomic E-state index is 0.0136. The van der Waals surface area contributed by atoms with Crippen molar-refractivity contribution in [3.63, 3.8) is 0 Å². The van der Waals surface area contributed by atoms with Crippen molar-refractivity contribution in [3.8, 4) is 0 Å². The van der Waals surface area contributed by atoms with Crippen LogP contribution in [0.5, 0.6) is 0 Å². The maximum atomic E-state index is 13.8. The summed E-state index contributed by atoms with van der Waals surface area (Å²) < 4.78 is 40.0. The Morgan fingerprint density at radius 3 is 1.70 bits per heavy atom. The van der Waals surface area contributed by atoms with E-state index in [4.69, 9.17) is 16.9 Å². The number of fused-ring (bicyclic) bond motifs is 8. The van der Waals surface area contributed by atoms with Gasteiger partial charge in [-0.25, -0.2) is 15.2 Å². The first-order valence-corrected chi connectivity index (χ1v) is 14.6. The number of benzene rings is 6. The van der Waals surface area contributed by atoms with E-state index in [0.717, 1.165) is 0 Å². The average molecular weight is 635 g/mol. The van der Waals surface area contributed by atoms with Gasteiger partial charge in [0.15, 0.2) is 21.7 Å². The van der Waals surface area contributed by atoms with Crippen molar-refractivity contribution in [2.24, 2.45) is 0 Å². The summed E-state index contributed by atoms with van der Waals surface area (Å²) >= 11 is 6.90. The molecule has 0 aliphatic rings. The van der Waals surface area contributed by atoms with Crippen molar-refractivity contribution in [1.29, 1.82) is 0 Å². The third-order valence-corrected chi connectivity index (χ3v) is 9.23. The highest BCUT2D eigenvalue weighted by atomic mass is 35.5. The highest BCUT2D eigenvalue weighted by Gasteiger charge is 2.30. The zero-order valence-electron chi connectivity index (χ0n) is 20.9. The molecule has 15 heteroatoms. The van der Waals surface area contributed by atoms with Crippen molar-refractivity contribution in [1.82, 2.24) is 9.97 Å². The Morgan fingerprint density at radius 1 is 0.698 bits per heavy atom. The largest absolute Gasteiger partial charge is 0.296 e. The van der Waals surface area contributed by atoms with E-state index in [2.05, 4.69) is 19.3 Å². The van der Waals surface area contributed by atoms with Crippen LogP contribution in [0.4, 0.5) is 0 Å². The second-order valence-electron chi connectivity index (χ2n) is 9.42. The van der Waals surface area contributed by atoms with Crippen LogP contribution < -0.4 is 21.7 Å². The third kappa shape index (κ3) is 3.82. The van der Waals surface area contributed by atoms with Crippen LogP contribution in [-0.4, -0.2) is 28.2 Å². The summed E-state index contributed by atoms with van der Waals surface area (Å²) in [6, 6.07) is 13.0. The third-order valence-electron chi connectivity index (χ3n) is 7.20. The summed E-state index contributed by atoms with van der Waals surface area (Å²) in [5.74, 6) is 0. The predicted octanol–water partition coefficient (Wildman–Crippen LogP) is 4.04. The average Bonchev–Trinajstić information content (AvgIpc) is 2.99. The zero-order valence-corrected chi connectivity index (χ0v) is 23.3. The van der Waals surface area contributed by atoms with Crippen LogP contribution in [0.15, 0.2) is 83.6 Å². The number of nitrogens with zero attached hydrogens (tertiary/aromatic N) is 2. The van der Waals surface area contributed by atoms with E-state index in [9.17, 15) is 32.1 Å². The lowest BCUT2D eigenvalue weighted by Gasteiger charge is -2.13. The van der Waals surface area contributed by atoms with Gasteiger partial charge in [0.25, 0.3) is 10.1 Å². The molecule has 2 N–H and O–H groups in total. The molecular weight excluding hydrogens is 624 g/mol. The molecule has 0 bridgehead atoms. The van der Waals surface area contributed by atoms with Gasteiger partial charge in [-0.2, -0.15) is 8.42 Å². The van der Waals surface area contributed by atoms with Gasteiger partial charge in [-0.05, 0) is 6.07 Å². The standard InChI is InChI=1S/C28H11ClN2O10S2/c29-20-23-22(18-19(28(20)43(37,38)39)27(35)13-8-4-3-7-12(13)26(18)34)30-14-9-15(42-41-40-36)16-17(21(14)31-23)25(33)11-6-2-1-5-10(11)24(16)32/h1-9,36H,(H,37,38,39).